The fourth-order valence-electron chi connectivity index (χ4n) is 2.02. The molecule has 0 aliphatic heterocycles. The summed E-state index contributed by atoms with van der Waals surface area (Å²) in [5, 5.41) is 16.5. The number of thioether (sulfide) groups is 1. The number of aliphatic carboxylic acids is 1. The zero-order valence-corrected chi connectivity index (χ0v) is 15.8. The number of amides is 3. The van der Waals surface area contributed by atoms with Gasteiger partial charge in [0.05, 0.1) is 13.1 Å². The van der Waals surface area contributed by atoms with E-state index in [-0.39, 0.29) is 19.5 Å². The van der Waals surface area contributed by atoms with Gasteiger partial charge in [0.15, 0.2) is 0 Å². The molecule has 8 N–H and O–H groups in total. The molecule has 150 valence electrons. The van der Waals surface area contributed by atoms with Crippen LogP contribution in [-0.2, 0) is 19.2 Å². The number of carbonyl (C=O) groups excluding carboxylic acids is 3. The van der Waals surface area contributed by atoms with Gasteiger partial charge in [-0.05, 0) is 44.2 Å². The minimum Gasteiger partial charge on any atom is -0.480 e. The van der Waals surface area contributed by atoms with Crippen LogP contribution in [0.1, 0.15) is 25.7 Å². The Morgan fingerprint density at radius 3 is 2.23 bits per heavy atom. The van der Waals surface area contributed by atoms with Crippen molar-refractivity contribution in [1.82, 2.24) is 16.0 Å². The van der Waals surface area contributed by atoms with E-state index in [1.807, 2.05) is 6.26 Å². The molecule has 0 aromatic carbocycles. The minimum atomic E-state index is -1.13. The van der Waals surface area contributed by atoms with Crippen LogP contribution in [0.15, 0.2) is 0 Å². The highest BCUT2D eigenvalue weighted by Gasteiger charge is 2.26. The van der Waals surface area contributed by atoms with E-state index in [1.165, 1.54) is 11.8 Å². The summed E-state index contributed by atoms with van der Waals surface area (Å²) in [6.07, 6.45) is 3.68. The molecule has 0 saturated heterocycles. The summed E-state index contributed by atoms with van der Waals surface area (Å²) < 4.78 is 0. The van der Waals surface area contributed by atoms with Crippen molar-refractivity contribution in [2.45, 2.75) is 37.8 Å². The minimum absolute atomic E-state index is 0.247. The third-order valence-corrected chi connectivity index (χ3v) is 4.10. The van der Waals surface area contributed by atoms with E-state index < -0.39 is 35.8 Å². The van der Waals surface area contributed by atoms with Crippen molar-refractivity contribution >= 4 is 35.5 Å². The number of nitrogens with two attached hydrogens (primary N) is 2. The van der Waals surface area contributed by atoms with Gasteiger partial charge in [-0.2, -0.15) is 11.8 Å². The monoisotopic (exact) mass is 391 g/mol. The summed E-state index contributed by atoms with van der Waals surface area (Å²) in [6.45, 7) is -0.116. The third kappa shape index (κ3) is 10.9. The second-order valence-electron chi connectivity index (χ2n) is 5.57. The van der Waals surface area contributed by atoms with Crippen LogP contribution in [-0.4, -0.2) is 72.5 Å². The Morgan fingerprint density at radius 2 is 1.69 bits per heavy atom. The molecular formula is C15H29N5O5S. The van der Waals surface area contributed by atoms with Gasteiger partial charge in [-0.1, -0.05) is 0 Å². The maximum atomic E-state index is 12.4. The predicted molar refractivity (Wildman–Crippen MR) is 99.5 cm³/mol. The zero-order chi connectivity index (χ0) is 19.9. The number of hydrogen-bond acceptors (Lipinski definition) is 7. The van der Waals surface area contributed by atoms with Crippen molar-refractivity contribution in [3.63, 3.8) is 0 Å². The maximum absolute atomic E-state index is 12.4. The normalized spacial score (nSPS) is 12.7. The van der Waals surface area contributed by atoms with E-state index in [9.17, 15) is 24.3 Å². The van der Waals surface area contributed by atoms with Crippen LogP contribution >= 0.6 is 11.8 Å². The average molecular weight is 391 g/mol. The highest BCUT2D eigenvalue weighted by molar-refractivity contribution is 7.98. The first kappa shape index (κ1) is 24.1. The third-order valence-electron chi connectivity index (χ3n) is 3.46. The van der Waals surface area contributed by atoms with E-state index in [1.54, 1.807) is 0 Å². The van der Waals surface area contributed by atoms with Crippen molar-refractivity contribution in [2.24, 2.45) is 11.5 Å². The van der Waals surface area contributed by atoms with Crippen molar-refractivity contribution < 1.29 is 24.3 Å². The molecule has 26 heavy (non-hydrogen) atoms. The van der Waals surface area contributed by atoms with Crippen LogP contribution in [0.3, 0.4) is 0 Å². The molecule has 0 saturated carbocycles. The number of rotatable bonds is 14. The van der Waals surface area contributed by atoms with E-state index in [4.69, 9.17) is 11.5 Å². The summed E-state index contributed by atoms with van der Waals surface area (Å²) in [5.41, 5.74) is 10.6. The molecule has 0 aromatic heterocycles. The molecular weight excluding hydrogens is 362 g/mol. The SMILES string of the molecule is CSCCC(NC(=O)C(CCCCN)NC(=O)CNC(=O)CN)C(=O)O. The van der Waals surface area contributed by atoms with Crippen molar-refractivity contribution in [3.05, 3.63) is 0 Å². The lowest BCUT2D eigenvalue weighted by Gasteiger charge is -2.21. The molecule has 2 unspecified atom stereocenters. The predicted octanol–water partition coefficient (Wildman–Crippen LogP) is -2.00. The highest BCUT2D eigenvalue weighted by atomic mass is 32.2. The quantitative estimate of drug-likeness (QED) is 0.184. The second kappa shape index (κ2) is 14.3. The molecule has 0 aliphatic rings. The second-order valence-corrected chi connectivity index (χ2v) is 6.55. The van der Waals surface area contributed by atoms with Crippen molar-refractivity contribution in [1.29, 1.82) is 0 Å². The Morgan fingerprint density at radius 1 is 1.00 bits per heavy atom. The van der Waals surface area contributed by atoms with Crippen LogP contribution < -0.4 is 27.4 Å². The summed E-state index contributed by atoms with van der Waals surface area (Å²) in [4.78, 5) is 46.7. The molecule has 3 amide bonds. The van der Waals surface area contributed by atoms with Crippen LogP contribution in [0, 0.1) is 0 Å². The summed E-state index contributed by atoms with van der Waals surface area (Å²) in [6, 6.07) is -1.93. The van der Waals surface area contributed by atoms with Gasteiger partial charge in [0.1, 0.15) is 12.1 Å². The van der Waals surface area contributed by atoms with Gasteiger partial charge in [-0.3, -0.25) is 14.4 Å². The number of hydrogen-bond donors (Lipinski definition) is 6. The molecule has 10 nitrogen and oxygen atoms in total. The van der Waals surface area contributed by atoms with Crippen LogP contribution in [0.5, 0.6) is 0 Å². The Hall–Kier alpha value is -1.85. The molecule has 0 bridgehead atoms. The van der Waals surface area contributed by atoms with Crippen LogP contribution in [0.25, 0.3) is 0 Å². The van der Waals surface area contributed by atoms with Crippen molar-refractivity contribution in [3.8, 4) is 0 Å². The van der Waals surface area contributed by atoms with Crippen LogP contribution in [0.4, 0.5) is 0 Å². The van der Waals surface area contributed by atoms with Gasteiger partial charge in [0.25, 0.3) is 0 Å². The van der Waals surface area contributed by atoms with Gasteiger partial charge in [0, 0.05) is 0 Å². The number of carboxylic acids is 1. The van der Waals surface area contributed by atoms with Crippen molar-refractivity contribution in [2.75, 3.05) is 31.6 Å². The standard InChI is InChI=1S/C15H29N5O5S/c1-26-7-5-11(15(24)25)20-14(23)10(4-2-3-6-16)19-13(22)9-18-12(21)8-17/h10-11H,2-9,16-17H2,1H3,(H,18,21)(H,19,22)(H,20,23)(H,24,25). The number of carboxylic acid groups (broad SMARTS) is 1. The topological polar surface area (TPSA) is 177 Å². The molecule has 0 fully saturated rings. The fourth-order valence-corrected chi connectivity index (χ4v) is 2.49. The lowest BCUT2D eigenvalue weighted by molar-refractivity contribution is -0.142. The molecule has 11 heteroatoms. The molecule has 0 rings (SSSR count). The van der Waals surface area contributed by atoms with Gasteiger partial charge in [0.2, 0.25) is 17.7 Å². The zero-order valence-electron chi connectivity index (χ0n) is 15.0. The average Bonchev–Trinajstić information content (AvgIpc) is 2.61. The fraction of sp³-hybridized carbons (Fsp3) is 0.733. The van der Waals surface area contributed by atoms with E-state index in [2.05, 4.69) is 16.0 Å². The Bertz CT molecular complexity index is 477. The number of carbonyl (C=O) groups is 4. The lowest BCUT2D eigenvalue weighted by atomic mass is 10.1. The molecule has 0 aliphatic carbocycles. The van der Waals surface area contributed by atoms with Crippen LogP contribution in [0.2, 0.25) is 0 Å². The smallest absolute Gasteiger partial charge is 0.326 e. The van der Waals surface area contributed by atoms with Gasteiger partial charge >= 0.3 is 5.97 Å². The first-order chi connectivity index (χ1) is 12.3. The molecule has 0 aromatic rings. The summed E-state index contributed by atoms with van der Waals surface area (Å²) in [5.74, 6) is -2.18. The molecule has 0 radical (unpaired) electrons. The largest absolute Gasteiger partial charge is 0.480 e. The highest BCUT2D eigenvalue weighted by Crippen LogP contribution is 2.05. The molecule has 2 atom stereocenters. The maximum Gasteiger partial charge on any atom is 0.326 e. The Kier molecular flexibility index (Phi) is 13.3. The molecule has 0 heterocycles. The van der Waals surface area contributed by atoms with E-state index in [0.29, 0.717) is 31.6 Å². The first-order valence-corrected chi connectivity index (χ1v) is 9.73. The van der Waals surface area contributed by atoms with E-state index >= 15 is 0 Å². The Labute approximate surface area is 157 Å². The van der Waals surface area contributed by atoms with Gasteiger partial charge in [-0.25, -0.2) is 4.79 Å². The Balaban J connectivity index is 4.80. The number of nitrogens with one attached hydrogen (secondary N) is 3. The molecule has 0 spiro atoms. The summed E-state index contributed by atoms with van der Waals surface area (Å²) >= 11 is 1.47. The lowest BCUT2D eigenvalue weighted by Crippen LogP contribution is -2.53. The van der Waals surface area contributed by atoms with Gasteiger partial charge in [-0.15, -0.1) is 0 Å². The summed E-state index contributed by atoms with van der Waals surface area (Å²) in [7, 11) is 0. The van der Waals surface area contributed by atoms with E-state index in [0.717, 1.165) is 0 Å². The number of unbranched alkanes of at least 4 members (excludes halogenated alkanes) is 1. The van der Waals surface area contributed by atoms with Gasteiger partial charge < -0.3 is 32.5 Å². The first-order valence-electron chi connectivity index (χ1n) is 8.34.